The van der Waals surface area contributed by atoms with Crippen LogP contribution in [0.25, 0.3) is 0 Å². The number of β-amino-alcohol motifs (C(OH)–C–C–N with tert-alkyl or cyclic N) is 1. The van der Waals surface area contributed by atoms with Crippen molar-refractivity contribution < 1.29 is 24.2 Å². The van der Waals surface area contributed by atoms with Crippen molar-refractivity contribution in [2.24, 2.45) is 29.1 Å². The molecule has 0 spiro atoms. The number of carbonyl (C=O) groups excluding carboxylic acids is 3. The molecule has 5 saturated carbocycles. The molecule has 2 amide bonds. The topological polar surface area (TPSA) is 95.9 Å². The molecule has 6 rings (SSSR count). The first-order chi connectivity index (χ1) is 15.4. The number of likely N-dealkylation sites (tertiary alicyclic amines) is 1. The van der Waals surface area contributed by atoms with Crippen LogP contribution in [0.3, 0.4) is 0 Å². The lowest BCUT2D eigenvalue weighted by Crippen LogP contribution is -2.56. The van der Waals surface area contributed by atoms with Crippen LogP contribution in [0.4, 0.5) is 0 Å². The lowest BCUT2D eigenvalue weighted by atomic mass is 9.49. The van der Waals surface area contributed by atoms with Crippen molar-refractivity contribution in [3.63, 3.8) is 0 Å². The second-order valence-corrected chi connectivity index (χ2v) is 11.5. The Balaban J connectivity index is 1.16. The number of carbonyl (C=O) groups is 3. The summed E-state index contributed by atoms with van der Waals surface area (Å²) in [5, 5.41) is 13.2. The highest BCUT2D eigenvalue weighted by molar-refractivity contribution is 5.90. The molecule has 2 atom stereocenters. The zero-order valence-corrected chi connectivity index (χ0v) is 19.1. The van der Waals surface area contributed by atoms with Gasteiger partial charge < -0.3 is 20.1 Å². The third kappa shape index (κ3) is 4.42. The van der Waals surface area contributed by atoms with Crippen LogP contribution < -0.4 is 5.32 Å². The molecule has 178 valence electrons. The molecule has 4 bridgehead atoms. The Morgan fingerprint density at radius 2 is 1.56 bits per heavy atom. The SMILES string of the molecule is O=C(COC(=O)[C@@H]1CC(O)CN1C(=O)C12CC3CC(CC(C3)C1)C2)NCC1CCCCC1. The zero-order chi connectivity index (χ0) is 22.3. The van der Waals surface area contributed by atoms with Gasteiger partial charge in [-0.3, -0.25) is 9.59 Å². The van der Waals surface area contributed by atoms with Gasteiger partial charge in [-0.25, -0.2) is 4.79 Å². The molecule has 1 unspecified atom stereocenters. The number of rotatable bonds is 6. The van der Waals surface area contributed by atoms with Crippen LogP contribution in [0.5, 0.6) is 0 Å². The molecule has 0 aromatic carbocycles. The highest BCUT2D eigenvalue weighted by Crippen LogP contribution is 2.60. The monoisotopic (exact) mass is 446 g/mol. The number of hydrogen-bond donors (Lipinski definition) is 2. The maximum absolute atomic E-state index is 13.7. The quantitative estimate of drug-likeness (QED) is 0.611. The van der Waals surface area contributed by atoms with E-state index in [2.05, 4.69) is 5.32 Å². The second-order valence-electron chi connectivity index (χ2n) is 11.5. The Bertz CT molecular complexity index is 711. The number of ether oxygens (including phenoxy) is 1. The van der Waals surface area contributed by atoms with Gasteiger partial charge in [0.25, 0.3) is 5.91 Å². The van der Waals surface area contributed by atoms with Gasteiger partial charge in [0.05, 0.1) is 11.5 Å². The Labute approximate surface area is 190 Å². The van der Waals surface area contributed by atoms with Gasteiger partial charge >= 0.3 is 5.97 Å². The third-order valence-corrected chi connectivity index (χ3v) is 8.96. The number of esters is 1. The summed E-state index contributed by atoms with van der Waals surface area (Å²) in [5.41, 5.74) is -0.352. The van der Waals surface area contributed by atoms with Crippen molar-refractivity contribution in [1.82, 2.24) is 10.2 Å². The fourth-order valence-electron chi connectivity index (χ4n) is 7.87. The lowest BCUT2D eigenvalue weighted by molar-refractivity contribution is -0.166. The van der Waals surface area contributed by atoms with Gasteiger partial charge in [-0.1, -0.05) is 19.3 Å². The molecule has 6 fully saturated rings. The van der Waals surface area contributed by atoms with Gasteiger partial charge in [0.2, 0.25) is 5.91 Å². The first kappa shape index (κ1) is 22.2. The molecule has 1 saturated heterocycles. The standard InChI is InChI=1S/C25H38N2O5/c28-20-9-21(23(30)32-15-22(29)26-13-16-4-2-1-3-5-16)27(14-20)24(31)25-10-17-6-18(11-25)8-19(7-17)12-25/h16-21,28H,1-15H2,(H,26,29)/t17?,18?,19?,20?,21-,25?/m0/s1. The van der Waals surface area contributed by atoms with Crippen LogP contribution in [0.2, 0.25) is 0 Å². The molecule has 0 aromatic heterocycles. The predicted molar refractivity (Wildman–Crippen MR) is 117 cm³/mol. The molecule has 5 aliphatic carbocycles. The van der Waals surface area contributed by atoms with Crippen molar-refractivity contribution in [2.45, 2.75) is 89.2 Å². The molecule has 6 aliphatic rings. The summed E-state index contributed by atoms with van der Waals surface area (Å²) in [6, 6.07) is -0.781. The summed E-state index contributed by atoms with van der Waals surface area (Å²) in [6.45, 7) is 0.501. The summed E-state index contributed by atoms with van der Waals surface area (Å²) in [5.74, 6) is 1.61. The van der Waals surface area contributed by atoms with E-state index in [9.17, 15) is 19.5 Å². The zero-order valence-electron chi connectivity index (χ0n) is 19.1. The van der Waals surface area contributed by atoms with Crippen LogP contribution in [0.1, 0.15) is 77.0 Å². The minimum atomic E-state index is -0.781. The minimum Gasteiger partial charge on any atom is -0.454 e. The fourth-order valence-corrected chi connectivity index (χ4v) is 7.87. The van der Waals surface area contributed by atoms with E-state index in [1.165, 1.54) is 38.5 Å². The highest BCUT2D eigenvalue weighted by atomic mass is 16.5. The van der Waals surface area contributed by atoms with Crippen molar-refractivity contribution in [2.75, 3.05) is 19.7 Å². The van der Waals surface area contributed by atoms with Crippen LogP contribution in [0, 0.1) is 29.1 Å². The summed E-state index contributed by atoms with van der Waals surface area (Å²) >= 11 is 0. The van der Waals surface area contributed by atoms with E-state index in [1.54, 1.807) is 4.90 Å². The van der Waals surface area contributed by atoms with Crippen molar-refractivity contribution in [3.8, 4) is 0 Å². The minimum absolute atomic E-state index is 0.0388. The second kappa shape index (κ2) is 8.96. The summed E-state index contributed by atoms with van der Waals surface area (Å²) in [7, 11) is 0. The molecule has 2 N–H and O–H groups in total. The number of nitrogens with one attached hydrogen (secondary N) is 1. The van der Waals surface area contributed by atoms with E-state index in [0.717, 1.165) is 32.1 Å². The van der Waals surface area contributed by atoms with Gasteiger partial charge in [-0.2, -0.15) is 0 Å². The van der Waals surface area contributed by atoms with Crippen LogP contribution in [-0.4, -0.2) is 59.6 Å². The van der Waals surface area contributed by atoms with Gasteiger partial charge in [0.15, 0.2) is 6.61 Å². The van der Waals surface area contributed by atoms with Crippen molar-refractivity contribution in [3.05, 3.63) is 0 Å². The molecule has 32 heavy (non-hydrogen) atoms. The predicted octanol–water partition coefficient (Wildman–Crippen LogP) is 2.40. The Kier molecular flexibility index (Phi) is 6.21. The average molecular weight is 447 g/mol. The maximum Gasteiger partial charge on any atom is 0.329 e. The largest absolute Gasteiger partial charge is 0.454 e. The number of nitrogens with zero attached hydrogens (tertiary/aromatic N) is 1. The van der Waals surface area contributed by atoms with Crippen LogP contribution >= 0.6 is 0 Å². The molecular formula is C25H38N2O5. The average Bonchev–Trinajstić information content (AvgIpc) is 3.17. The van der Waals surface area contributed by atoms with Crippen LogP contribution in [-0.2, 0) is 19.1 Å². The van der Waals surface area contributed by atoms with Gasteiger partial charge in [-0.15, -0.1) is 0 Å². The van der Waals surface area contributed by atoms with Gasteiger partial charge in [-0.05, 0) is 75.0 Å². The highest BCUT2D eigenvalue weighted by Gasteiger charge is 2.57. The van der Waals surface area contributed by atoms with E-state index >= 15 is 0 Å². The molecule has 7 heteroatoms. The van der Waals surface area contributed by atoms with Crippen molar-refractivity contribution in [1.29, 1.82) is 0 Å². The van der Waals surface area contributed by atoms with E-state index < -0.39 is 18.1 Å². The van der Waals surface area contributed by atoms with Gasteiger partial charge in [0.1, 0.15) is 6.04 Å². The van der Waals surface area contributed by atoms with Crippen LogP contribution in [0.15, 0.2) is 0 Å². The molecule has 0 radical (unpaired) electrons. The summed E-state index contributed by atoms with van der Waals surface area (Å²) < 4.78 is 5.32. The smallest absolute Gasteiger partial charge is 0.329 e. The summed E-state index contributed by atoms with van der Waals surface area (Å²) in [6.07, 6.45) is 12.0. The first-order valence-electron chi connectivity index (χ1n) is 12.8. The third-order valence-electron chi connectivity index (χ3n) is 8.96. The van der Waals surface area contributed by atoms with E-state index in [0.29, 0.717) is 30.2 Å². The molecule has 1 heterocycles. The number of aliphatic hydroxyl groups excluding tert-OH is 1. The van der Waals surface area contributed by atoms with E-state index in [4.69, 9.17) is 4.74 Å². The summed E-state index contributed by atoms with van der Waals surface area (Å²) in [4.78, 5) is 40.3. The molecule has 1 aliphatic heterocycles. The number of aliphatic hydroxyl groups is 1. The van der Waals surface area contributed by atoms with Gasteiger partial charge in [0, 0.05) is 19.5 Å². The molecular weight excluding hydrogens is 408 g/mol. The molecule has 7 nitrogen and oxygen atoms in total. The fraction of sp³-hybridized carbons (Fsp3) is 0.880. The number of hydrogen-bond acceptors (Lipinski definition) is 5. The Morgan fingerprint density at radius 1 is 0.938 bits per heavy atom. The normalized spacial score (nSPS) is 38.7. The number of amides is 2. The Hall–Kier alpha value is -1.63. The van der Waals surface area contributed by atoms with E-state index in [1.807, 2.05) is 0 Å². The molecule has 0 aromatic rings. The maximum atomic E-state index is 13.7. The van der Waals surface area contributed by atoms with Crippen molar-refractivity contribution >= 4 is 17.8 Å². The first-order valence-corrected chi connectivity index (χ1v) is 12.8. The lowest BCUT2D eigenvalue weighted by Gasteiger charge is -2.56. The van der Waals surface area contributed by atoms with E-state index in [-0.39, 0.29) is 36.8 Å². The Morgan fingerprint density at radius 3 is 2.19 bits per heavy atom.